The number of anilines is 2. The van der Waals surface area contributed by atoms with Crippen LogP contribution in [0, 0.1) is 6.92 Å². The second kappa shape index (κ2) is 8.63. The van der Waals surface area contributed by atoms with Crippen LogP contribution in [0.2, 0.25) is 5.02 Å². The Morgan fingerprint density at radius 1 is 1.14 bits per heavy atom. The van der Waals surface area contributed by atoms with Gasteiger partial charge in [0.25, 0.3) is 10.0 Å². The van der Waals surface area contributed by atoms with Gasteiger partial charge in [0.2, 0.25) is 5.91 Å². The Morgan fingerprint density at radius 2 is 1.86 bits per heavy atom. The topological polar surface area (TPSA) is 79.4 Å². The molecule has 0 saturated carbocycles. The van der Waals surface area contributed by atoms with Crippen LogP contribution in [0.4, 0.5) is 11.4 Å². The van der Waals surface area contributed by atoms with E-state index in [0.717, 1.165) is 5.56 Å². The van der Waals surface area contributed by atoms with Gasteiger partial charge in [0.15, 0.2) is 0 Å². The summed E-state index contributed by atoms with van der Waals surface area (Å²) in [5.41, 5.74) is 2.20. The number of carbonyl (C=O) groups excluding carboxylic acids is 1. The number of benzene rings is 2. The number of aryl methyl sites for hydroxylation is 1. The average Bonchev–Trinajstić information content (AvgIpc) is 2.68. The Bertz CT molecular complexity index is 1120. The van der Waals surface area contributed by atoms with E-state index < -0.39 is 10.0 Å². The lowest BCUT2D eigenvalue weighted by atomic mass is 10.2. The first-order valence-electron chi connectivity index (χ1n) is 8.83. The molecule has 3 rings (SSSR count). The van der Waals surface area contributed by atoms with Gasteiger partial charge < -0.3 is 5.32 Å². The first kappa shape index (κ1) is 20.8. The van der Waals surface area contributed by atoms with Crippen molar-refractivity contribution in [1.29, 1.82) is 0 Å². The highest BCUT2D eigenvalue weighted by molar-refractivity contribution is 7.92. The lowest BCUT2D eigenvalue weighted by molar-refractivity contribution is -0.114. The number of carbonyl (C=O) groups is 1. The Hall–Kier alpha value is -2.90. The van der Waals surface area contributed by atoms with Crippen molar-refractivity contribution in [3.8, 4) is 0 Å². The van der Waals surface area contributed by atoms with Crippen LogP contribution in [0.1, 0.15) is 18.1 Å². The summed E-state index contributed by atoms with van der Waals surface area (Å²) in [6.07, 6.45) is 3.25. The number of aromatic nitrogens is 1. The number of rotatable bonds is 6. The number of halogens is 1. The van der Waals surface area contributed by atoms with E-state index in [1.807, 2.05) is 6.07 Å². The highest BCUT2D eigenvalue weighted by Gasteiger charge is 2.27. The molecule has 29 heavy (non-hydrogen) atoms. The van der Waals surface area contributed by atoms with E-state index in [-0.39, 0.29) is 17.3 Å². The molecule has 0 spiro atoms. The molecule has 8 heteroatoms. The van der Waals surface area contributed by atoms with E-state index in [0.29, 0.717) is 22.0 Å². The van der Waals surface area contributed by atoms with Gasteiger partial charge in [0.1, 0.15) is 0 Å². The summed E-state index contributed by atoms with van der Waals surface area (Å²) >= 11 is 5.98. The van der Waals surface area contributed by atoms with Crippen molar-refractivity contribution in [2.24, 2.45) is 0 Å². The molecule has 0 atom stereocenters. The van der Waals surface area contributed by atoms with Crippen LogP contribution in [0.5, 0.6) is 0 Å². The lowest BCUT2D eigenvalue weighted by Crippen LogP contribution is -2.31. The Labute approximate surface area is 175 Å². The number of hydrogen-bond donors (Lipinski definition) is 1. The smallest absolute Gasteiger partial charge is 0.264 e. The van der Waals surface area contributed by atoms with Crippen LogP contribution >= 0.6 is 11.6 Å². The number of pyridine rings is 1. The summed E-state index contributed by atoms with van der Waals surface area (Å²) in [6.45, 7) is 3.19. The predicted octanol–water partition coefficient (Wildman–Crippen LogP) is 4.40. The van der Waals surface area contributed by atoms with Crippen molar-refractivity contribution in [2.75, 3.05) is 9.62 Å². The third kappa shape index (κ3) is 4.93. The fourth-order valence-electron chi connectivity index (χ4n) is 2.86. The van der Waals surface area contributed by atoms with Crippen molar-refractivity contribution >= 4 is 38.9 Å². The molecule has 0 aliphatic heterocycles. The molecule has 0 aliphatic carbocycles. The van der Waals surface area contributed by atoms with Gasteiger partial charge in [-0.2, -0.15) is 0 Å². The van der Waals surface area contributed by atoms with E-state index >= 15 is 0 Å². The van der Waals surface area contributed by atoms with E-state index in [9.17, 15) is 13.2 Å². The fourth-order valence-corrected chi connectivity index (χ4v) is 4.69. The largest absolute Gasteiger partial charge is 0.326 e. The molecule has 1 heterocycles. The molecule has 0 aliphatic rings. The molecule has 1 amide bonds. The first-order chi connectivity index (χ1) is 13.8. The Morgan fingerprint density at radius 3 is 2.48 bits per heavy atom. The third-order valence-corrected chi connectivity index (χ3v) is 6.41. The molecule has 0 fully saturated rings. The molecule has 3 aromatic rings. The zero-order chi connectivity index (χ0) is 21.0. The van der Waals surface area contributed by atoms with Gasteiger partial charge in [-0.1, -0.05) is 23.7 Å². The zero-order valence-corrected chi connectivity index (χ0v) is 17.5. The number of hydrogen-bond acceptors (Lipinski definition) is 4. The van der Waals surface area contributed by atoms with E-state index in [1.165, 1.54) is 17.3 Å². The van der Waals surface area contributed by atoms with Crippen LogP contribution in [0.15, 0.2) is 71.9 Å². The average molecular weight is 430 g/mol. The minimum Gasteiger partial charge on any atom is -0.326 e. The second-order valence-corrected chi connectivity index (χ2v) is 8.78. The lowest BCUT2D eigenvalue weighted by Gasteiger charge is -2.26. The highest BCUT2D eigenvalue weighted by atomic mass is 35.5. The van der Waals surface area contributed by atoms with Crippen molar-refractivity contribution in [3.63, 3.8) is 0 Å². The summed E-state index contributed by atoms with van der Waals surface area (Å²) in [7, 11) is -3.94. The zero-order valence-electron chi connectivity index (χ0n) is 16.0. The van der Waals surface area contributed by atoms with Crippen LogP contribution < -0.4 is 9.62 Å². The molecule has 0 unspecified atom stereocenters. The van der Waals surface area contributed by atoms with Crippen molar-refractivity contribution in [3.05, 3.63) is 83.1 Å². The van der Waals surface area contributed by atoms with E-state index in [2.05, 4.69) is 10.3 Å². The SMILES string of the molecule is CC(=O)Nc1ccc(C)c(S(=O)(=O)N(Cc2cccnc2)c2ccc(Cl)cc2)c1. The standard InChI is InChI=1S/C21H20ClN3O3S/c1-15-5-8-19(24-16(2)26)12-21(15)29(27,28)25(14-17-4-3-11-23-13-17)20-9-6-18(22)7-10-20/h3-13H,14H2,1-2H3,(H,24,26). The summed E-state index contributed by atoms with van der Waals surface area (Å²) in [5.74, 6) is -0.276. The number of sulfonamides is 1. The molecule has 0 saturated heterocycles. The van der Waals surface area contributed by atoms with Gasteiger partial charge >= 0.3 is 0 Å². The monoisotopic (exact) mass is 429 g/mol. The maximum absolute atomic E-state index is 13.6. The normalized spacial score (nSPS) is 11.1. The number of nitrogens with zero attached hydrogens (tertiary/aromatic N) is 2. The Kier molecular flexibility index (Phi) is 6.20. The summed E-state index contributed by atoms with van der Waals surface area (Å²) < 4.78 is 28.6. The molecular formula is C21H20ClN3O3S. The van der Waals surface area contributed by atoms with Crippen LogP contribution in [-0.4, -0.2) is 19.3 Å². The van der Waals surface area contributed by atoms with Gasteiger partial charge in [-0.25, -0.2) is 8.42 Å². The van der Waals surface area contributed by atoms with Gasteiger partial charge in [0, 0.05) is 30.0 Å². The minimum absolute atomic E-state index is 0.0988. The second-order valence-electron chi connectivity index (χ2n) is 6.51. The van der Waals surface area contributed by atoms with Crippen LogP contribution in [0.25, 0.3) is 0 Å². The van der Waals surface area contributed by atoms with Gasteiger partial charge in [0.05, 0.1) is 17.1 Å². The molecular weight excluding hydrogens is 410 g/mol. The van der Waals surface area contributed by atoms with Crippen LogP contribution in [0.3, 0.4) is 0 Å². The number of nitrogens with one attached hydrogen (secondary N) is 1. The molecule has 0 radical (unpaired) electrons. The van der Waals surface area contributed by atoms with Crippen molar-refractivity contribution in [2.45, 2.75) is 25.3 Å². The molecule has 150 valence electrons. The molecule has 2 aromatic carbocycles. The summed E-state index contributed by atoms with van der Waals surface area (Å²) in [5, 5.41) is 3.14. The van der Waals surface area contributed by atoms with Gasteiger partial charge in [-0.05, 0) is 60.5 Å². The van der Waals surface area contributed by atoms with Crippen LogP contribution in [-0.2, 0) is 21.4 Å². The maximum atomic E-state index is 13.6. The summed E-state index contributed by atoms with van der Waals surface area (Å²) in [6, 6.07) is 15.0. The molecule has 1 aromatic heterocycles. The Balaban J connectivity index is 2.11. The predicted molar refractivity (Wildman–Crippen MR) is 115 cm³/mol. The molecule has 6 nitrogen and oxygen atoms in total. The highest BCUT2D eigenvalue weighted by Crippen LogP contribution is 2.30. The number of amides is 1. The van der Waals surface area contributed by atoms with Crippen molar-refractivity contribution in [1.82, 2.24) is 4.98 Å². The maximum Gasteiger partial charge on any atom is 0.264 e. The quantitative estimate of drug-likeness (QED) is 0.629. The third-order valence-electron chi connectivity index (χ3n) is 4.24. The van der Waals surface area contributed by atoms with Gasteiger partial charge in [-0.15, -0.1) is 0 Å². The summed E-state index contributed by atoms with van der Waals surface area (Å²) in [4.78, 5) is 15.6. The van der Waals surface area contributed by atoms with Crippen molar-refractivity contribution < 1.29 is 13.2 Å². The van der Waals surface area contributed by atoms with E-state index in [1.54, 1.807) is 61.8 Å². The fraction of sp³-hybridized carbons (Fsp3) is 0.143. The minimum atomic E-state index is -3.94. The van der Waals surface area contributed by atoms with E-state index in [4.69, 9.17) is 11.6 Å². The molecule has 0 bridgehead atoms. The molecule has 1 N–H and O–H groups in total. The first-order valence-corrected chi connectivity index (χ1v) is 10.6. The van der Waals surface area contributed by atoms with Gasteiger partial charge in [-0.3, -0.25) is 14.1 Å².